The van der Waals surface area contributed by atoms with E-state index in [1.165, 1.54) is 12.1 Å². The zero-order valence-corrected chi connectivity index (χ0v) is 20.3. The summed E-state index contributed by atoms with van der Waals surface area (Å²) in [6.45, 7) is 0.527. The molecule has 6 nitrogen and oxygen atoms in total. The van der Waals surface area contributed by atoms with E-state index in [0.29, 0.717) is 39.3 Å². The topological polar surface area (TPSA) is 90.6 Å². The van der Waals surface area contributed by atoms with Crippen LogP contribution in [0.1, 0.15) is 11.1 Å². The quantitative estimate of drug-likeness (QED) is 0.384. The highest BCUT2D eigenvalue weighted by Crippen LogP contribution is 2.38. The van der Waals surface area contributed by atoms with Gasteiger partial charge >= 0.3 is 0 Å². The van der Waals surface area contributed by atoms with Crippen molar-refractivity contribution in [3.63, 3.8) is 0 Å². The molecular weight excluding hydrogens is 527 g/mol. The summed E-state index contributed by atoms with van der Waals surface area (Å²) in [5.41, 5.74) is 2.19. The SMILES string of the molecule is COc1ccc(Br)c(CNc2ccc(S(N)(=O)=O)cc2)c1OCc1c(Cl)cccc1Cl. The van der Waals surface area contributed by atoms with Crippen LogP contribution in [0.3, 0.4) is 0 Å². The highest BCUT2D eigenvalue weighted by atomic mass is 79.9. The minimum absolute atomic E-state index is 0.0428. The lowest BCUT2D eigenvalue weighted by molar-refractivity contribution is 0.281. The number of methoxy groups -OCH3 is 1. The first-order valence-corrected chi connectivity index (χ1v) is 12.1. The summed E-state index contributed by atoms with van der Waals surface area (Å²) < 4.78 is 35.2. The molecule has 0 radical (unpaired) electrons. The molecule has 3 rings (SSSR count). The number of anilines is 1. The lowest BCUT2D eigenvalue weighted by Crippen LogP contribution is -2.12. The van der Waals surface area contributed by atoms with E-state index in [1.807, 2.05) is 6.07 Å². The number of ether oxygens (including phenoxy) is 2. The molecule has 0 saturated heterocycles. The molecule has 0 spiro atoms. The van der Waals surface area contributed by atoms with Crippen molar-refractivity contribution in [2.45, 2.75) is 18.0 Å². The molecule has 164 valence electrons. The Bertz CT molecular complexity index is 1170. The van der Waals surface area contributed by atoms with Crippen molar-refractivity contribution < 1.29 is 17.9 Å². The van der Waals surface area contributed by atoms with E-state index < -0.39 is 10.0 Å². The van der Waals surface area contributed by atoms with Gasteiger partial charge in [-0.1, -0.05) is 45.2 Å². The molecule has 0 heterocycles. The van der Waals surface area contributed by atoms with Crippen LogP contribution in [-0.4, -0.2) is 15.5 Å². The number of sulfonamides is 1. The predicted molar refractivity (Wildman–Crippen MR) is 127 cm³/mol. The molecule has 10 heteroatoms. The Morgan fingerprint density at radius 2 is 1.65 bits per heavy atom. The van der Waals surface area contributed by atoms with E-state index in [1.54, 1.807) is 43.5 Å². The molecule has 0 atom stereocenters. The number of hydrogen-bond acceptors (Lipinski definition) is 5. The summed E-state index contributed by atoms with van der Waals surface area (Å²) in [6, 6.07) is 15.1. The number of rotatable bonds is 8. The van der Waals surface area contributed by atoms with Gasteiger partial charge in [-0.2, -0.15) is 0 Å². The molecule has 3 aromatic carbocycles. The molecule has 3 aromatic rings. The summed E-state index contributed by atoms with van der Waals surface area (Å²) in [7, 11) is -2.19. The molecule has 0 fully saturated rings. The second-order valence-electron chi connectivity index (χ2n) is 6.47. The Hall–Kier alpha value is -1.97. The first-order valence-electron chi connectivity index (χ1n) is 8.98. The Morgan fingerprint density at radius 1 is 1.00 bits per heavy atom. The van der Waals surface area contributed by atoms with Crippen LogP contribution in [0.2, 0.25) is 10.0 Å². The van der Waals surface area contributed by atoms with Gasteiger partial charge < -0.3 is 14.8 Å². The molecule has 0 aliphatic rings. The Kier molecular flexibility index (Phi) is 7.72. The molecule has 0 amide bonds. The number of halogens is 3. The molecule has 0 unspecified atom stereocenters. The van der Waals surface area contributed by atoms with Crippen LogP contribution in [0.4, 0.5) is 5.69 Å². The van der Waals surface area contributed by atoms with E-state index >= 15 is 0 Å². The maximum Gasteiger partial charge on any atom is 0.238 e. The second-order valence-corrected chi connectivity index (χ2v) is 9.70. The fourth-order valence-electron chi connectivity index (χ4n) is 2.83. The molecule has 31 heavy (non-hydrogen) atoms. The van der Waals surface area contributed by atoms with Crippen LogP contribution < -0.4 is 19.9 Å². The number of primary sulfonamides is 1. The van der Waals surface area contributed by atoms with E-state index in [9.17, 15) is 8.42 Å². The average Bonchev–Trinajstić information content (AvgIpc) is 2.72. The second kappa shape index (κ2) is 10.1. The summed E-state index contributed by atoms with van der Waals surface area (Å²) >= 11 is 16.1. The zero-order valence-electron chi connectivity index (χ0n) is 16.4. The number of nitrogens with two attached hydrogens (primary N) is 1. The Morgan fingerprint density at radius 3 is 2.23 bits per heavy atom. The first kappa shape index (κ1) is 23.7. The lowest BCUT2D eigenvalue weighted by Gasteiger charge is -2.18. The normalized spacial score (nSPS) is 11.3. The van der Waals surface area contributed by atoms with Crippen molar-refractivity contribution in [3.8, 4) is 11.5 Å². The monoisotopic (exact) mass is 544 g/mol. The van der Waals surface area contributed by atoms with Crippen LogP contribution in [0.15, 0.2) is 64.0 Å². The van der Waals surface area contributed by atoms with Crippen molar-refractivity contribution >= 4 is 54.8 Å². The van der Waals surface area contributed by atoms with Gasteiger partial charge in [0, 0.05) is 37.9 Å². The molecule has 3 N–H and O–H groups in total. The number of hydrogen-bond donors (Lipinski definition) is 2. The minimum atomic E-state index is -3.74. The van der Waals surface area contributed by atoms with Crippen molar-refractivity contribution in [2.75, 3.05) is 12.4 Å². The Labute approximate surface area is 199 Å². The van der Waals surface area contributed by atoms with Crippen LogP contribution in [0, 0.1) is 0 Å². The molecule has 0 bridgehead atoms. The molecule has 0 saturated carbocycles. The van der Waals surface area contributed by atoms with Gasteiger partial charge in [0.15, 0.2) is 11.5 Å². The van der Waals surface area contributed by atoms with Crippen molar-refractivity contribution in [3.05, 3.63) is 80.2 Å². The van der Waals surface area contributed by atoms with Gasteiger partial charge in [-0.3, -0.25) is 0 Å². The van der Waals surface area contributed by atoms with E-state index in [-0.39, 0.29) is 11.5 Å². The van der Waals surface area contributed by atoms with Crippen LogP contribution in [0.5, 0.6) is 11.5 Å². The average molecular weight is 546 g/mol. The zero-order chi connectivity index (χ0) is 22.6. The van der Waals surface area contributed by atoms with Gasteiger partial charge in [0.1, 0.15) is 6.61 Å². The number of benzene rings is 3. The first-order chi connectivity index (χ1) is 14.7. The third-order valence-corrected chi connectivity index (χ3v) is 6.84. The molecular formula is C21H19BrCl2N2O4S. The largest absolute Gasteiger partial charge is 0.493 e. The van der Waals surface area contributed by atoms with Crippen LogP contribution >= 0.6 is 39.1 Å². The molecule has 0 aliphatic carbocycles. The number of nitrogens with one attached hydrogen (secondary N) is 1. The smallest absolute Gasteiger partial charge is 0.238 e. The van der Waals surface area contributed by atoms with Gasteiger partial charge in [0.2, 0.25) is 10.0 Å². The van der Waals surface area contributed by atoms with Crippen molar-refractivity contribution in [1.29, 1.82) is 0 Å². The maximum absolute atomic E-state index is 11.4. The summed E-state index contributed by atoms with van der Waals surface area (Å²) in [5, 5.41) is 9.40. The fraction of sp³-hybridized carbons (Fsp3) is 0.143. The maximum atomic E-state index is 11.4. The van der Waals surface area contributed by atoms with Gasteiger partial charge in [-0.05, 0) is 48.5 Å². The van der Waals surface area contributed by atoms with E-state index in [4.69, 9.17) is 37.8 Å². The van der Waals surface area contributed by atoms with Gasteiger partial charge in [0.25, 0.3) is 0 Å². The summed E-state index contributed by atoms with van der Waals surface area (Å²) in [6.07, 6.45) is 0. The van der Waals surface area contributed by atoms with Gasteiger partial charge in [-0.25, -0.2) is 13.6 Å². The fourth-order valence-corrected chi connectivity index (χ4v) is 4.31. The van der Waals surface area contributed by atoms with Crippen LogP contribution in [0.25, 0.3) is 0 Å². The highest BCUT2D eigenvalue weighted by molar-refractivity contribution is 9.10. The van der Waals surface area contributed by atoms with E-state index in [2.05, 4.69) is 21.2 Å². The Balaban J connectivity index is 1.84. The van der Waals surface area contributed by atoms with Crippen LogP contribution in [-0.2, 0) is 23.2 Å². The summed E-state index contributed by atoms with van der Waals surface area (Å²) in [4.78, 5) is 0.0428. The van der Waals surface area contributed by atoms with Gasteiger partial charge in [-0.15, -0.1) is 0 Å². The standard InChI is InChI=1S/C21H19BrCl2N2O4S/c1-29-20-10-9-17(22)15(11-26-13-5-7-14(8-6-13)31(25,27)28)21(20)30-12-16-18(23)3-2-4-19(16)24/h2-10,26H,11-12H2,1H3,(H2,25,27,28). The van der Waals surface area contributed by atoms with E-state index in [0.717, 1.165) is 10.0 Å². The third-order valence-electron chi connectivity index (χ3n) is 4.46. The lowest BCUT2D eigenvalue weighted by atomic mass is 10.1. The highest BCUT2D eigenvalue weighted by Gasteiger charge is 2.17. The van der Waals surface area contributed by atoms with Crippen molar-refractivity contribution in [1.82, 2.24) is 0 Å². The minimum Gasteiger partial charge on any atom is -0.493 e. The van der Waals surface area contributed by atoms with Gasteiger partial charge in [0.05, 0.1) is 12.0 Å². The van der Waals surface area contributed by atoms with Crippen molar-refractivity contribution in [2.24, 2.45) is 5.14 Å². The molecule has 0 aliphatic heterocycles. The predicted octanol–water partition coefficient (Wildman–Crippen LogP) is 5.60. The molecule has 0 aromatic heterocycles. The third kappa shape index (κ3) is 5.84. The summed E-state index contributed by atoms with van der Waals surface area (Å²) in [5.74, 6) is 1.08.